The van der Waals surface area contributed by atoms with Gasteiger partial charge in [-0.1, -0.05) is 19.1 Å². The van der Waals surface area contributed by atoms with Crippen LogP contribution >= 0.6 is 0 Å². The Labute approximate surface area is 164 Å². The third-order valence-electron chi connectivity index (χ3n) is 3.94. The fraction of sp³-hybridized carbons (Fsp3) is 0.286. The Balaban J connectivity index is 1.78. The number of methoxy groups -OCH3 is 1. The van der Waals surface area contributed by atoms with Crippen molar-refractivity contribution in [2.45, 2.75) is 26.3 Å². The van der Waals surface area contributed by atoms with Gasteiger partial charge in [-0.3, -0.25) is 14.4 Å². The standard InChI is InChI=1S/C21H25N3O4/c1-3-5-19(25)24-17-7-4-6-15(12-17)13-22-20(26)14-23-21(27)16-8-10-18(28-2)11-9-16/h4,6-12H,3,5,13-14H2,1-2H3,(H,22,26)(H,23,27)(H,24,25). The fourth-order valence-electron chi connectivity index (χ4n) is 2.48. The van der Waals surface area contributed by atoms with Crippen molar-refractivity contribution in [3.05, 3.63) is 59.7 Å². The van der Waals surface area contributed by atoms with Gasteiger partial charge in [0.05, 0.1) is 13.7 Å². The molecular weight excluding hydrogens is 358 g/mol. The second-order valence-corrected chi connectivity index (χ2v) is 6.19. The smallest absolute Gasteiger partial charge is 0.251 e. The summed E-state index contributed by atoms with van der Waals surface area (Å²) in [5.74, 6) is -0.0203. The predicted molar refractivity (Wildman–Crippen MR) is 107 cm³/mol. The van der Waals surface area contributed by atoms with E-state index in [1.807, 2.05) is 25.1 Å². The van der Waals surface area contributed by atoms with Crippen molar-refractivity contribution in [3.63, 3.8) is 0 Å². The molecule has 0 bridgehead atoms. The number of amides is 3. The highest BCUT2D eigenvalue weighted by molar-refractivity contribution is 5.96. The van der Waals surface area contributed by atoms with Crippen molar-refractivity contribution < 1.29 is 19.1 Å². The van der Waals surface area contributed by atoms with E-state index in [0.717, 1.165) is 12.0 Å². The number of carbonyl (C=O) groups excluding carboxylic acids is 3. The zero-order chi connectivity index (χ0) is 20.4. The zero-order valence-corrected chi connectivity index (χ0v) is 16.1. The minimum absolute atomic E-state index is 0.0371. The van der Waals surface area contributed by atoms with Gasteiger partial charge in [-0.15, -0.1) is 0 Å². The van der Waals surface area contributed by atoms with Crippen LogP contribution in [0.15, 0.2) is 48.5 Å². The summed E-state index contributed by atoms with van der Waals surface area (Å²) in [6.07, 6.45) is 1.25. The first-order chi connectivity index (χ1) is 13.5. The summed E-state index contributed by atoms with van der Waals surface area (Å²) in [6, 6.07) is 13.9. The van der Waals surface area contributed by atoms with Crippen LogP contribution in [0.25, 0.3) is 0 Å². The molecule has 3 amide bonds. The van der Waals surface area contributed by atoms with Crippen LogP contribution < -0.4 is 20.7 Å². The molecule has 0 saturated heterocycles. The van der Waals surface area contributed by atoms with Gasteiger partial charge in [-0.25, -0.2) is 0 Å². The molecular formula is C21H25N3O4. The van der Waals surface area contributed by atoms with Crippen LogP contribution in [-0.2, 0) is 16.1 Å². The highest BCUT2D eigenvalue weighted by Crippen LogP contribution is 2.12. The molecule has 0 atom stereocenters. The number of anilines is 1. The van der Waals surface area contributed by atoms with Gasteiger partial charge in [-0.2, -0.15) is 0 Å². The number of carbonyl (C=O) groups is 3. The van der Waals surface area contributed by atoms with Crippen LogP contribution in [0.2, 0.25) is 0 Å². The molecule has 0 fully saturated rings. The lowest BCUT2D eigenvalue weighted by Crippen LogP contribution is -2.36. The minimum atomic E-state index is -0.335. The molecule has 2 rings (SSSR count). The summed E-state index contributed by atoms with van der Waals surface area (Å²) in [5.41, 5.74) is 1.99. The molecule has 2 aromatic carbocycles. The summed E-state index contributed by atoms with van der Waals surface area (Å²) < 4.78 is 5.04. The van der Waals surface area contributed by atoms with Crippen LogP contribution in [0.3, 0.4) is 0 Å². The number of benzene rings is 2. The first kappa shape index (κ1) is 21.0. The molecule has 3 N–H and O–H groups in total. The molecule has 0 aliphatic heterocycles. The Hall–Kier alpha value is -3.35. The lowest BCUT2D eigenvalue weighted by Gasteiger charge is -2.09. The molecule has 0 saturated carbocycles. The first-order valence-corrected chi connectivity index (χ1v) is 9.09. The predicted octanol–water partition coefficient (Wildman–Crippen LogP) is 2.48. The highest BCUT2D eigenvalue weighted by atomic mass is 16.5. The maximum Gasteiger partial charge on any atom is 0.251 e. The summed E-state index contributed by atoms with van der Waals surface area (Å²) >= 11 is 0. The highest BCUT2D eigenvalue weighted by Gasteiger charge is 2.08. The molecule has 0 aliphatic carbocycles. The number of nitrogens with one attached hydrogen (secondary N) is 3. The first-order valence-electron chi connectivity index (χ1n) is 9.09. The molecule has 148 valence electrons. The molecule has 0 aromatic heterocycles. The number of rotatable bonds is 9. The molecule has 0 heterocycles. The topological polar surface area (TPSA) is 96.5 Å². The average molecular weight is 383 g/mol. The Morgan fingerprint density at radius 2 is 1.71 bits per heavy atom. The average Bonchev–Trinajstić information content (AvgIpc) is 2.71. The van der Waals surface area contributed by atoms with Crippen molar-refractivity contribution in [1.82, 2.24) is 10.6 Å². The minimum Gasteiger partial charge on any atom is -0.497 e. The van der Waals surface area contributed by atoms with E-state index in [0.29, 0.717) is 30.0 Å². The quantitative estimate of drug-likeness (QED) is 0.620. The van der Waals surface area contributed by atoms with Crippen molar-refractivity contribution in [1.29, 1.82) is 0 Å². The van der Waals surface area contributed by atoms with Gasteiger partial charge in [0.1, 0.15) is 5.75 Å². The Morgan fingerprint density at radius 3 is 2.39 bits per heavy atom. The van der Waals surface area contributed by atoms with E-state index >= 15 is 0 Å². The van der Waals surface area contributed by atoms with Crippen LogP contribution in [0.4, 0.5) is 5.69 Å². The van der Waals surface area contributed by atoms with E-state index in [1.165, 1.54) is 0 Å². The lowest BCUT2D eigenvalue weighted by molar-refractivity contribution is -0.120. The van der Waals surface area contributed by atoms with Gasteiger partial charge in [-0.05, 0) is 48.4 Å². The van der Waals surface area contributed by atoms with Crippen LogP contribution in [0.5, 0.6) is 5.75 Å². The molecule has 0 aliphatic rings. The van der Waals surface area contributed by atoms with Crippen molar-refractivity contribution in [2.24, 2.45) is 0 Å². The second-order valence-electron chi connectivity index (χ2n) is 6.19. The SMILES string of the molecule is CCCC(=O)Nc1cccc(CNC(=O)CNC(=O)c2ccc(OC)cc2)c1. The molecule has 2 aromatic rings. The van der Waals surface area contributed by atoms with Gasteiger partial charge in [0.15, 0.2) is 0 Å². The maximum atomic E-state index is 12.1. The van der Waals surface area contributed by atoms with E-state index in [-0.39, 0.29) is 24.3 Å². The van der Waals surface area contributed by atoms with Crippen molar-refractivity contribution in [3.8, 4) is 5.75 Å². The zero-order valence-electron chi connectivity index (χ0n) is 16.1. The largest absolute Gasteiger partial charge is 0.497 e. The fourth-order valence-corrected chi connectivity index (χ4v) is 2.48. The maximum absolute atomic E-state index is 12.1. The second kappa shape index (κ2) is 10.7. The summed E-state index contributed by atoms with van der Waals surface area (Å²) in [7, 11) is 1.55. The third kappa shape index (κ3) is 6.75. The number of ether oxygens (including phenoxy) is 1. The van der Waals surface area contributed by atoms with E-state index < -0.39 is 0 Å². The van der Waals surface area contributed by atoms with Gasteiger partial charge in [0, 0.05) is 24.2 Å². The monoisotopic (exact) mass is 383 g/mol. The van der Waals surface area contributed by atoms with Crippen molar-refractivity contribution in [2.75, 3.05) is 19.0 Å². The third-order valence-corrected chi connectivity index (χ3v) is 3.94. The number of hydrogen-bond acceptors (Lipinski definition) is 4. The summed E-state index contributed by atoms with van der Waals surface area (Å²) in [4.78, 5) is 35.7. The molecule has 28 heavy (non-hydrogen) atoms. The van der Waals surface area contributed by atoms with E-state index in [2.05, 4.69) is 16.0 Å². The van der Waals surface area contributed by atoms with Crippen molar-refractivity contribution >= 4 is 23.4 Å². The van der Waals surface area contributed by atoms with Crippen LogP contribution in [0.1, 0.15) is 35.7 Å². The Bertz CT molecular complexity index is 819. The molecule has 7 heteroatoms. The molecule has 7 nitrogen and oxygen atoms in total. The van der Waals surface area contributed by atoms with E-state index in [1.54, 1.807) is 37.4 Å². The summed E-state index contributed by atoms with van der Waals surface area (Å²) in [5, 5.41) is 8.14. The molecule has 0 unspecified atom stereocenters. The molecule has 0 spiro atoms. The number of hydrogen-bond donors (Lipinski definition) is 3. The van der Waals surface area contributed by atoms with Gasteiger partial charge < -0.3 is 20.7 Å². The molecule has 0 radical (unpaired) electrons. The Morgan fingerprint density at radius 1 is 0.964 bits per heavy atom. The summed E-state index contributed by atoms with van der Waals surface area (Å²) in [6.45, 7) is 2.12. The normalized spacial score (nSPS) is 10.1. The van der Waals surface area contributed by atoms with Crippen LogP contribution in [-0.4, -0.2) is 31.4 Å². The van der Waals surface area contributed by atoms with E-state index in [9.17, 15) is 14.4 Å². The van der Waals surface area contributed by atoms with Gasteiger partial charge in [0.25, 0.3) is 5.91 Å². The Kier molecular flexibility index (Phi) is 8.02. The van der Waals surface area contributed by atoms with E-state index in [4.69, 9.17) is 4.74 Å². The lowest BCUT2D eigenvalue weighted by atomic mass is 10.2. The van der Waals surface area contributed by atoms with Gasteiger partial charge >= 0.3 is 0 Å². The van der Waals surface area contributed by atoms with Crippen LogP contribution in [0, 0.1) is 0 Å². The van der Waals surface area contributed by atoms with Gasteiger partial charge in [0.2, 0.25) is 11.8 Å².